The summed E-state index contributed by atoms with van der Waals surface area (Å²) in [6.45, 7) is 1.48. The van der Waals surface area contributed by atoms with Crippen LogP contribution in [0.1, 0.15) is 30.1 Å². The van der Waals surface area contributed by atoms with Gasteiger partial charge in [0.15, 0.2) is 5.78 Å². The largest absolute Gasteiger partial charge is 0.497 e. The first-order valence-corrected chi connectivity index (χ1v) is 5.61. The zero-order valence-corrected chi connectivity index (χ0v) is 9.95. The lowest BCUT2D eigenvalue weighted by Crippen LogP contribution is -2.15. The fourth-order valence-corrected chi connectivity index (χ4v) is 1.64. The number of carbonyl (C=O) groups excluding carboxylic acids is 2. The van der Waals surface area contributed by atoms with Crippen molar-refractivity contribution < 1.29 is 14.3 Å². The maximum Gasteiger partial charge on any atom is 0.227 e. The van der Waals surface area contributed by atoms with Gasteiger partial charge in [-0.1, -0.05) is 0 Å². The van der Waals surface area contributed by atoms with Gasteiger partial charge in [0.05, 0.1) is 12.8 Å². The number of anilines is 1. The van der Waals surface area contributed by atoms with E-state index in [0.29, 0.717) is 17.0 Å². The predicted octanol–water partition coefficient (Wildman–Crippen LogP) is 2.25. The van der Waals surface area contributed by atoms with Crippen LogP contribution in [-0.4, -0.2) is 18.8 Å². The van der Waals surface area contributed by atoms with E-state index in [0.717, 1.165) is 12.8 Å². The van der Waals surface area contributed by atoms with Crippen molar-refractivity contribution in [2.24, 2.45) is 5.92 Å². The quantitative estimate of drug-likeness (QED) is 0.811. The summed E-state index contributed by atoms with van der Waals surface area (Å²) in [5.74, 6) is 0.654. The van der Waals surface area contributed by atoms with E-state index >= 15 is 0 Å². The lowest BCUT2D eigenvalue weighted by atomic mass is 10.1. The van der Waals surface area contributed by atoms with Crippen molar-refractivity contribution in [3.63, 3.8) is 0 Å². The summed E-state index contributed by atoms with van der Waals surface area (Å²) in [4.78, 5) is 23.1. The molecule has 1 aliphatic rings. The number of amides is 1. The molecule has 0 radical (unpaired) electrons. The molecular formula is C13H15NO3. The molecule has 2 rings (SSSR count). The van der Waals surface area contributed by atoms with Crippen molar-refractivity contribution in [3.8, 4) is 5.75 Å². The Morgan fingerprint density at radius 1 is 1.35 bits per heavy atom. The molecule has 0 heterocycles. The molecule has 1 aromatic rings. The topological polar surface area (TPSA) is 55.4 Å². The number of ketones is 1. The zero-order chi connectivity index (χ0) is 12.4. The highest BCUT2D eigenvalue weighted by molar-refractivity contribution is 6.04. The highest BCUT2D eigenvalue weighted by Crippen LogP contribution is 2.31. The number of methoxy groups -OCH3 is 1. The van der Waals surface area contributed by atoms with Gasteiger partial charge in [-0.3, -0.25) is 9.59 Å². The van der Waals surface area contributed by atoms with Gasteiger partial charge >= 0.3 is 0 Å². The third-order valence-electron chi connectivity index (χ3n) is 2.81. The number of rotatable bonds is 4. The Labute approximate surface area is 100.0 Å². The van der Waals surface area contributed by atoms with E-state index in [9.17, 15) is 9.59 Å². The lowest BCUT2D eigenvalue weighted by molar-refractivity contribution is -0.117. The summed E-state index contributed by atoms with van der Waals surface area (Å²) >= 11 is 0. The second kappa shape index (κ2) is 4.57. The normalized spacial score (nSPS) is 14.2. The minimum atomic E-state index is -0.0706. The number of ether oxygens (including phenoxy) is 1. The van der Waals surface area contributed by atoms with Crippen LogP contribution in [0.3, 0.4) is 0 Å². The number of benzene rings is 1. The van der Waals surface area contributed by atoms with E-state index in [1.165, 1.54) is 6.92 Å². The molecule has 0 aliphatic heterocycles. The molecule has 0 unspecified atom stereocenters. The Balaban J connectivity index is 2.27. The number of carbonyl (C=O) groups is 2. The predicted molar refractivity (Wildman–Crippen MR) is 64.4 cm³/mol. The third kappa shape index (κ3) is 2.64. The Hall–Kier alpha value is -1.84. The van der Waals surface area contributed by atoms with E-state index in [1.807, 2.05) is 0 Å². The van der Waals surface area contributed by atoms with Crippen LogP contribution in [0.25, 0.3) is 0 Å². The molecule has 1 fully saturated rings. The second-order valence-electron chi connectivity index (χ2n) is 4.23. The fraction of sp³-hybridized carbons (Fsp3) is 0.385. The Morgan fingerprint density at radius 2 is 2.06 bits per heavy atom. The molecule has 4 nitrogen and oxygen atoms in total. The monoisotopic (exact) mass is 233 g/mol. The molecule has 90 valence electrons. The summed E-state index contributed by atoms with van der Waals surface area (Å²) in [7, 11) is 1.55. The molecule has 0 spiro atoms. The smallest absolute Gasteiger partial charge is 0.227 e. The summed E-state index contributed by atoms with van der Waals surface area (Å²) in [5, 5.41) is 2.79. The molecule has 1 amide bonds. The maximum absolute atomic E-state index is 11.7. The summed E-state index contributed by atoms with van der Waals surface area (Å²) < 4.78 is 5.08. The first kappa shape index (κ1) is 11.6. The molecule has 1 aromatic carbocycles. The molecule has 17 heavy (non-hydrogen) atoms. The van der Waals surface area contributed by atoms with Crippen molar-refractivity contribution in [2.45, 2.75) is 19.8 Å². The highest BCUT2D eigenvalue weighted by Gasteiger charge is 2.30. The van der Waals surface area contributed by atoms with Crippen LogP contribution in [0.2, 0.25) is 0 Å². The number of hydrogen-bond acceptors (Lipinski definition) is 3. The number of hydrogen-bond donors (Lipinski definition) is 1. The lowest BCUT2D eigenvalue weighted by Gasteiger charge is -2.10. The van der Waals surface area contributed by atoms with Crippen molar-refractivity contribution in [1.82, 2.24) is 0 Å². The van der Waals surface area contributed by atoms with Gasteiger partial charge in [0.2, 0.25) is 5.91 Å². The van der Waals surface area contributed by atoms with Gasteiger partial charge in [0.1, 0.15) is 5.75 Å². The van der Waals surface area contributed by atoms with Crippen LogP contribution >= 0.6 is 0 Å². The molecule has 1 saturated carbocycles. The van der Waals surface area contributed by atoms with Crippen LogP contribution in [0.15, 0.2) is 18.2 Å². The first-order chi connectivity index (χ1) is 8.11. The standard InChI is InChI=1S/C13H15NO3/c1-8(15)11-6-5-10(17-2)7-12(11)14-13(16)9-3-4-9/h5-7,9H,3-4H2,1-2H3,(H,14,16). The van der Waals surface area contributed by atoms with Gasteiger partial charge in [0, 0.05) is 17.5 Å². The van der Waals surface area contributed by atoms with Gasteiger partial charge in [-0.2, -0.15) is 0 Å². The molecule has 0 saturated heterocycles. The Morgan fingerprint density at radius 3 is 2.59 bits per heavy atom. The van der Waals surface area contributed by atoms with E-state index in [4.69, 9.17) is 4.74 Å². The van der Waals surface area contributed by atoms with E-state index in [2.05, 4.69) is 5.32 Å². The second-order valence-corrected chi connectivity index (χ2v) is 4.23. The van der Waals surface area contributed by atoms with Crippen molar-refractivity contribution >= 4 is 17.4 Å². The summed E-state index contributed by atoms with van der Waals surface area (Å²) in [6.07, 6.45) is 1.87. The van der Waals surface area contributed by atoms with E-state index in [-0.39, 0.29) is 17.6 Å². The van der Waals surface area contributed by atoms with E-state index in [1.54, 1.807) is 25.3 Å². The van der Waals surface area contributed by atoms with Crippen LogP contribution in [0.5, 0.6) is 5.75 Å². The number of nitrogens with one attached hydrogen (secondary N) is 1. The third-order valence-corrected chi connectivity index (χ3v) is 2.81. The molecule has 1 N–H and O–H groups in total. The molecule has 4 heteroatoms. The minimum Gasteiger partial charge on any atom is -0.497 e. The van der Waals surface area contributed by atoms with Crippen LogP contribution in [0, 0.1) is 5.92 Å². The summed E-state index contributed by atoms with van der Waals surface area (Å²) in [6, 6.07) is 5.06. The zero-order valence-electron chi connectivity index (χ0n) is 9.95. The molecule has 0 bridgehead atoms. The number of Topliss-reactive ketones (excluding diaryl/α,β-unsaturated/α-hetero) is 1. The SMILES string of the molecule is COc1ccc(C(C)=O)c(NC(=O)C2CC2)c1. The van der Waals surface area contributed by atoms with Gasteiger partial charge in [0.25, 0.3) is 0 Å². The molecule has 1 aliphatic carbocycles. The Kier molecular flexibility index (Phi) is 3.13. The molecule has 0 aromatic heterocycles. The van der Waals surface area contributed by atoms with Gasteiger partial charge < -0.3 is 10.1 Å². The van der Waals surface area contributed by atoms with Crippen LogP contribution < -0.4 is 10.1 Å². The van der Waals surface area contributed by atoms with Crippen molar-refractivity contribution in [1.29, 1.82) is 0 Å². The summed E-state index contributed by atoms with van der Waals surface area (Å²) in [5.41, 5.74) is 1.05. The van der Waals surface area contributed by atoms with Crippen molar-refractivity contribution in [2.75, 3.05) is 12.4 Å². The van der Waals surface area contributed by atoms with Gasteiger partial charge in [-0.15, -0.1) is 0 Å². The van der Waals surface area contributed by atoms with Crippen LogP contribution in [-0.2, 0) is 4.79 Å². The maximum atomic E-state index is 11.7. The van der Waals surface area contributed by atoms with E-state index < -0.39 is 0 Å². The van der Waals surface area contributed by atoms with Gasteiger partial charge in [-0.25, -0.2) is 0 Å². The van der Waals surface area contributed by atoms with Crippen LogP contribution in [0.4, 0.5) is 5.69 Å². The molecule has 0 atom stereocenters. The highest BCUT2D eigenvalue weighted by atomic mass is 16.5. The fourth-order valence-electron chi connectivity index (χ4n) is 1.64. The van der Waals surface area contributed by atoms with Crippen molar-refractivity contribution in [3.05, 3.63) is 23.8 Å². The average molecular weight is 233 g/mol. The first-order valence-electron chi connectivity index (χ1n) is 5.61. The Bertz CT molecular complexity index is 464. The minimum absolute atomic E-state index is 0.0132. The molecular weight excluding hydrogens is 218 g/mol. The average Bonchev–Trinajstić information content (AvgIpc) is 3.12. The van der Waals surface area contributed by atoms with Gasteiger partial charge in [-0.05, 0) is 31.9 Å².